The molecule has 0 unspecified atom stereocenters. The molecule has 1 heterocycles. The van der Waals surface area contributed by atoms with E-state index in [1.54, 1.807) is 0 Å². The van der Waals surface area contributed by atoms with Crippen molar-refractivity contribution in [1.82, 2.24) is 9.97 Å². The van der Waals surface area contributed by atoms with Crippen LogP contribution >= 0.6 is 0 Å². The SMILES string of the molecule is Cc1nc(Oc2cccc(F)c2C(N)=O)ncc1C(=O)O. The van der Waals surface area contributed by atoms with Gasteiger partial charge in [-0.2, -0.15) is 4.98 Å². The van der Waals surface area contributed by atoms with Crippen LogP contribution < -0.4 is 10.5 Å². The van der Waals surface area contributed by atoms with E-state index >= 15 is 0 Å². The lowest BCUT2D eigenvalue weighted by Gasteiger charge is -2.09. The van der Waals surface area contributed by atoms with E-state index in [2.05, 4.69) is 9.97 Å². The molecule has 3 N–H and O–H groups in total. The minimum atomic E-state index is -1.18. The molecule has 0 aliphatic carbocycles. The molecule has 2 aromatic rings. The van der Waals surface area contributed by atoms with E-state index in [0.29, 0.717) is 0 Å². The number of primary amides is 1. The summed E-state index contributed by atoms with van der Waals surface area (Å²) in [7, 11) is 0. The number of carboxylic acids is 1. The maximum atomic E-state index is 13.6. The Kier molecular flexibility index (Phi) is 3.79. The molecule has 7 nitrogen and oxygen atoms in total. The topological polar surface area (TPSA) is 115 Å². The van der Waals surface area contributed by atoms with Gasteiger partial charge in [0.15, 0.2) is 0 Å². The summed E-state index contributed by atoms with van der Waals surface area (Å²) >= 11 is 0. The van der Waals surface area contributed by atoms with Gasteiger partial charge in [-0.05, 0) is 19.1 Å². The van der Waals surface area contributed by atoms with Gasteiger partial charge < -0.3 is 15.6 Å². The molecule has 1 aromatic carbocycles. The predicted octanol–water partition coefficient (Wildman–Crippen LogP) is 1.51. The van der Waals surface area contributed by atoms with E-state index in [9.17, 15) is 14.0 Å². The van der Waals surface area contributed by atoms with Crippen LogP contribution in [-0.4, -0.2) is 27.0 Å². The molecule has 0 radical (unpaired) electrons. The first kappa shape index (κ1) is 14.4. The molecule has 2 rings (SSSR count). The van der Waals surface area contributed by atoms with E-state index in [1.807, 2.05) is 0 Å². The number of carbonyl (C=O) groups excluding carboxylic acids is 1. The zero-order valence-corrected chi connectivity index (χ0v) is 10.8. The van der Waals surface area contributed by atoms with Gasteiger partial charge in [-0.3, -0.25) is 4.79 Å². The maximum Gasteiger partial charge on any atom is 0.339 e. The van der Waals surface area contributed by atoms with E-state index in [4.69, 9.17) is 15.6 Å². The molecule has 0 atom stereocenters. The molecule has 21 heavy (non-hydrogen) atoms. The molecule has 0 bridgehead atoms. The summed E-state index contributed by atoms with van der Waals surface area (Å²) in [4.78, 5) is 29.6. The van der Waals surface area contributed by atoms with Crippen molar-refractivity contribution in [2.75, 3.05) is 0 Å². The molecule has 0 aliphatic rings. The number of hydrogen-bond donors (Lipinski definition) is 2. The highest BCUT2D eigenvalue weighted by Gasteiger charge is 2.17. The Bertz CT molecular complexity index is 733. The molecule has 1 aromatic heterocycles. The van der Waals surface area contributed by atoms with Crippen LogP contribution in [0.25, 0.3) is 0 Å². The van der Waals surface area contributed by atoms with Crippen LogP contribution in [0.2, 0.25) is 0 Å². The maximum absolute atomic E-state index is 13.6. The highest BCUT2D eigenvalue weighted by Crippen LogP contribution is 2.25. The van der Waals surface area contributed by atoms with Gasteiger partial charge in [0.25, 0.3) is 5.91 Å². The monoisotopic (exact) mass is 291 g/mol. The summed E-state index contributed by atoms with van der Waals surface area (Å²) in [6, 6.07) is 3.50. The van der Waals surface area contributed by atoms with Crippen molar-refractivity contribution in [2.24, 2.45) is 5.73 Å². The average molecular weight is 291 g/mol. The highest BCUT2D eigenvalue weighted by molar-refractivity contribution is 5.96. The normalized spacial score (nSPS) is 10.2. The lowest BCUT2D eigenvalue weighted by atomic mass is 10.2. The molecular formula is C13H10FN3O4. The lowest BCUT2D eigenvalue weighted by Crippen LogP contribution is -2.15. The summed E-state index contributed by atoms with van der Waals surface area (Å²) < 4.78 is 18.8. The van der Waals surface area contributed by atoms with Crippen LogP contribution in [0.5, 0.6) is 11.8 Å². The van der Waals surface area contributed by atoms with Gasteiger partial charge in [0, 0.05) is 6.20 Å². The summed E-state index contributed by atoms with van der Waals surface area (Å²) in [5.74, 6) is -3.16. The Balaban J connectivity index is 2.39. The molecule has 108 valence electrons. The number of nitrogens with zero attached hydrogens (tertiary/aromatic N) is 2. The predicted molar refractivity (Wildman–Crippen MR) is 68.7 cm³/mol. The van der Waals surface area contributed by atoms with Gasteiger partial charge in [0.2, 0.25) is 0 Å². The number of halogens is 1. The molecule has 0 saturated carbocycles. The number of hydrogen-bond acceptors (Lipinski definition) is 5. The number of ether oxygens (including phenoxy) is 1. The van der Waals surface area contributed by atoms with E-state index in [1.165, 1.54) is 19.1 Å². The zero-order valence-electron chi connectivity index (χ0n) is 10.8. The Morgan fingerprint density at radius 1 is 1.38 bits per heavy atom. The number of nitrogens with two attached hydrogens (primary N) is 1. The minimum absolute atomic E-state index is 0.0864. The molecule has 0 fully saturated rings. The van der Waals surface area contributed by atoms with Crippen molar-refractivity contribution < 1.29 is 23.8 Å². The van der Waals surface area contributed by atoms with Gasteiger partial charge in [-0.25, -0.2) is 14.2 Å². The second kappa shape index (κ2) is 5.53. The van der Waals surface area contributed by atoms with Gasteiger partial charge >= 0.3 is 12.0 Å². The number of carbonyl (C=O) groups is 2. The smallest absolute Gasteiger partial charge is 0.339 e. The first-order chi connectivity index (χ1) is 9.90. The van der Waals surface area contributed by atoms with Crippen LogP contribution in [0.15, 0.2) is 24.4 Å². The summed E-state index contributed by atoms with van der Waals surface area (Å²) in [6.07, 6.45) is 1.06. The fourth-order valence-corrected chi connectivity index (χ4v) is 1.63. The Labute approximate surface area is 118 Å². The van der Waals surface area contributed by atoms with Crippen molar-refractivity contribution in [3.8, 4) is 11.8 Å². The second-order valence-electron chi connectivity index (χ2n) is 4.04. The van der Waals surface area contributed by atoms with E-state index in [0.717, 1.165) is 12.3 Å². The number of rotatable bonds is 4. The molecular weight excluding hydrogens is 281 g/mol. The molecule has 1 amide bonds. The van der Waals surface area contributed by atoms with Crippen LogP contribution in [0.1, 0.15) is 26.4 Å². The zero-order chi connectivity index (χ0) is 15.6. The van der Waals surface area contributed by atoms with Gasteiger partial charge in [0.05, 0.1) is 11.3 Å². The van der Waals surface area contributed by atoms with Crippen molar-refractivity contribution in [1.29, 1.82) is 0 Å². The third-order valence-corrected chi connectivity index (χ3v) is 2.61. The fourth-order valence-electron chi connectivity index (χ4n) is 1.63. The number of aromatic carboxylic acids is 1. The molecule has 0 aliphatic heterocycles. The molecule has 0 saturated heterocycles. The number of carboxylic acid groups (broad SMARTS) is 1. The third-order valence-electron chi connectivity index (χ3n) is 2.61. The fraction of sp³-hybridized carbons (Fsp3) is 0.0769. The number of aryl methyl sites for hydroxylation is 1. The van der Waals surface area contributed by atoms with Crippen molar-refractivity contribution in [3.63, 3.8) is 0 Å². The van der Waals surface area contributed by atoms with E-state index in [-0.39, 0.29) is 23.0 Å². The number of benzene rings is 1. The number of aromatic nitrogens is 2. The third kappa shape index (κ3) is 2.94. The van der Waals surface area contributed by atoms with Crippen molar-refractivity contribution in [2.45, 2.75) is 6.92 Å². The first-order valence-electron chi connectivity index (χ1n) is 5.73. The Morgan fingerprint density at radius 3 is 2.67 bits per heavy atom. The number of amides is 1. The van der Waals surface area contributed by atoms with Gasteiger partial charge in [0.1, 0.15) is 17.1 Å². The largest absolute Gasteiger partial charge is 0.478 e. The summed E-state index contributed by atoms with van der Waals surface area (Å²) in [5, 5.41) is 8.87. The van der Waals surface area contributed by atoms with Gasteiger partial charge in [-0.1, -0.05) is 6.07 Å². The minimum Gasteiger partial charge on any atom is -0.478 e. The van der Waals surface area contributed by atoms with Gasteiger partial charge in [-0.15, -0.1) is 0 Å². The van der Waals surface area contributed by atoms with Crippen LogP contribution in [0.4, 0.5) is 4.39 Å². The summed E-state index contributed by atoms with van der Waals surface area (Å²) in [6.45, 7) is 1.46. The van der Waals surface area contributed by atoms with Crippen LogP contribution in [0.3, 0.4) is 0 Å². The van der Waals surface area contributed by atoms with Crippen LogP contribution in [0, 0.1) is 12.7 Å². The van der Waals surface area contributed by atoms with Crippen molar-refractivity contribution in [3.05, 3.63) is 47.0 Å². The second-order valence-corrected chi connectivity index (χ2v) is 4.04. The van der Waals surface area contributed by atoms with Crippen molar-refractivity contribution >= 4 is 11.9 Å². The highest BCUT2D eigenvalue weighted by atomic mass is 19.1. The Hall–Kier alpha value is -3.03. The van der Waals surface area contributed by atoms with Crippen LogP contribution in [-0.2, 0) is 0 Å². The quantitative estimate of drug-likeness (QED) is 0.882. The standard InChI is InChI=1S/C13H10FN3O4/c1-6-7(12(19)20)5-16-13(17-6)21-9-4-2-3-8(14)10(9)11(15)18/h2-5H,1H3,(H2,15,18)(H,19,20). The average Bonchev–Trinajstić information content (AvgIpc) is 2.37. The summed E-state index contributed by atoms with van der Waals surface area (Å²) in [5.41, 5.74) is 4.74. The Morgan fingerprint density at radius 2 is 2.10 bits per heavy atom. The first-order valence-corrected chi connectivity index (χ1v) is 5.73. The molecule has 0 spiro atoms. The lowest BCUT2D eigenvalue weighted by molar-refractivity contribution is 0.0694. The van der Waals surface area contributed by atoms with E-state index < -0.39 is 23.3 Å². The molecule has 8 heteroatoms.